The van der Waals surface area contributed by atoms with Gasteiger partial charge >= 0.3 is 150 Å². The second-order valence-corrected chi connectivity index (χ2v) is 23.1. The van der Waals surface area contributed by atoms with Crippen LogP contribution in [-0.2, 0) is 25.6 Å². The molecule has 0 aromatic heterocycles. The first-order chi connectivity index (χ1) is 11.0. The van der Waals surface area contributed by atoms with Crippen molar-refractivity contribution < 1.29 is 22.1 Å². The maximum atomic E-state index is 11.3. The molecule has 0 spiro atoms. The van der Waals surface area contributed by atoms with Crippen LogP contribution in [0, 0.1) is 5.92 Å². The zero-order valence-electron chi connectivity index (χ0n) is 15.2. The van der Waals surface area contributed by atoms with E-state index >= 15 is 0 Å². The summed E-state index contributed by atoms with van der Waals surface area (Å²) in [6.45, 7) is 5.14. The number of methoxy groups -OCH3 is 1. The summed E-state index contributed by atoms with van der Waals surface area (Å²) in [5.74, 6) is 0.696. The molecule has 0 bridgehead atoms. The molecular formula is C17H28O5SSn. The van der Waals surface area contributed by atoms with Gasteiger partial charge in [0.2, 0.25) is 0 Å². The van der Waals surface area contributed by atoms with E-state index in [1.54, 1.807) is 7.11 Å². The number of ether oxygens (including phenoxy) is 2. The summed E-state index contributed by atoms with van der Waals surface area (Å²) in [7, 11) is -1.84. The third kappa shape index (κ3) is 8.00. The van der Waals surface area contributed by atoms with Crippen molar-refractivity contribution in [1.82, 2.24) is 0 Å². The van der Waals surface area contributed by atoms with Gasteiger partial charge in [0.05, 0.1) is 0 Å². The zero-order chi connectivity index (χ0) is 18.4. The molecule has 1 atom stereocenters. The fraction of sp³-hybridized carbons (Fsp3) is 0.529. The van der Waals surface area contributed by atoms with E-state index in [0.717, 1.165) is 21.2 Å². The summed E-state index contributed by atoms with van der Waals surface area (Å²) in [6.07, 6.45) is 1.06. The first kappa shape index (κ1) is 21.5. The number of hydrogen-bond donors (Lipinski definition) is 0. The van der Waals surface area contributed by atoms with Gasteiger partial charge in [0.1, 0.15) is 0 Å². The van der Waals surface area contributed by atoms with Gasteiger partial charge in [-0.2, -0.15) is 0 Å². The number of benzene rings is 1. The molecular weight excluding hydrogens is 435 g/mol. The molecule has 5 nitrogen and oxygen atoms in total. The van der Waals surface area contributed by atoms with Crippen LogP contribution in [0.1, 0.15) is 5.56 Å². The fourth-order valence-electron chi connectivity index (χ4n) is 2.11. The molecule has 0 radical (unpaired) electrons. The Hall–Kier alpha value is -0.571. The minimum atomic E-state index is -3.47. The summed E-state index contributed by atoms with van der Waals surface area (Å²) in [4.78, 5) is 6.73. The van der Waals surface area contributed by atoms with Gasteiger partial charge in [-0.15, -0.1) is 0 Å². The Morgan fingerprint density at radius 1 is 1.17 bits per heavy atom. The van der Waals surface area contributed by atoms with Crippen molar-refractivity contribution in [2.75, 3.05) is 26.6 Å². The minimum absolute atomic E-state index is 0.0917. The van der Waals surface area contributed by atoms with Gasteiger partial charge in [-0.1, -0.05) is 0 Å². The molecule has 0 amide bonds. The Kier molecular flexibility index (Phi) is 8.25. The Labute approximate surface area is 150 Å². The van der Waals surface area contributed by atoms with Crippen LogP contribution in [0.15, 0.2) is 34.4 Å². The van der Waals surface area contributed by atoms with E-state index in [9.17, 15) is 8.42 Å². The molecule has 0 saturated heterocycles. The molecule has 1 aromatic carbocycles. The van der Waals surface area contributed by atoms with Crippen LogP contribution in [0.5, 0.6) is 5.75 Å². The van der Waals surface area contributed by atoms with Crippen LogP contribution in [0.2, 0.25) is 14.8 Å². The second-order valence-electron chi connectivity index (χ2n) is 6.82. The Bertz CT molecular complexity index is 632. The van der Waals surface area contributed by atoms with E-state index in [4.69, 9.17) is 13.7 Å². The quantitative estimate of drug-likeness (QED) is 0.394. The van der Waals surface area contributed by atoms with E-state index in [2.05, 4.69) is 21.4 Å². The maximum absolute atomic E-state index is 11.3. The van der Waals surface area contributed by atoms with Crippen molar-refractivity contribution in [3.63, 3.8) is 0 Å². The van der Waals surface area contributed by atoms with E-state index in [0.29, 0.717) is 13.2 Å². The van der Waals surface area contributed by atoms with E-state index in [1.165, 1.54) is 0 Å². The number of hydrogen-bond acceptors (Lipinski definition) is 5. The molecule has 0 unspecified atom stereocenters. The summed E-state index contributed by atoms with van der Waals surface area (Å²) in [5, 5.41) is 0. The number of rotatable bonds is 10. The molecule has 1 rings (SSSR count). The molecule has 0 aliphatic carbocycles. The zero-order valence-corrected chi connectivity index (χ0v) is 18.8. The van der Waals surface area contributed by atoms with Gasteiger partial charge in [0, 0.05) is 0 Å². The van der Waals surface area contributed by atoms with Crippen molar-refractivity contribution in [1.29, 1.82) is 0 Å². The summed E-state index contributed by atoms with van der Waals surface area (Å²) >= 11 is -2.38. The molecule has 136 valence electrons. The van der Waals surface area contributed by atoms with Crippen molar-refractivity contribution in [2.24, 2.45) is 5.92 Å². The van der Waals surface area contributed by atoms with Crippen LogP contribution >= 0.6 is 0 Å². The van der Waals surface area contributed by atoms with Gasteiger partial charge < -0.3 is 0 Å². The van der Waals surface area contributed by atoms with Crippen molar-refractivity contribution in [2.45, 2.75) is 21.4 Å². The van der Waals surface area contributed by atoms with E-state index < -0.39 is 28.5 Å². The molecule has 0 N–H and O–H groups in total. The Balaban J connectivity index is 2.64. The standard InChI is InChI=1S/C14H19O5S.3CH3.Sn/c1-4-12(11-19-20(3,15)16)9-18-10-13-5-7-14(17-2)8-6-13;;;;/h5-8,12H,1,9-11H2,2-3H3;3*1H3;/t12-;;;;/m1..../s1. The van der Waals surface area contributed by atoms with E-state index in [1.807, 2.05) is 24.3 Å². The van der Waals surface area contributed by atoms with Crippen molar-refractivity contribution in [3.05, 3.63) is 40.0 Å². The predicted molar refractivity (Wildman–Crippen MR) is 99.4 cm³/mol. The topological polar surface area (TPSA) is 61.8 Å². The summed E-state index contributed by atoms with van der Waals surface area (Å²) < 4.78 is 39.6. The Morgan fingerprint density at radius 3 is 2.21 bits per heavy atom. The van der Waals surface area contributed by atoms with Gasteiger partial charge in [-0.3, -0.25) is 0 Å². The molecule has 7 heteroatoms. The third-order valence-electron chi connectivity index (χ3n) is 3.69. The molecule has 0 saturated carbocycles. The summed E-state index contributed by atoms with van der Waals surface area (Å²) in [6, 6.07) is 7.65. The van der Waals surface area contributed by atoms with Gasteiger partial charge in [0.25, 0.3) is 0 Å². The normalized spacial score (nSPS) is 13.5. The summed E-state index contributed by atoms with van der Waals surface area (Å²) in [5.41, 5.74) is 1.03. The molecule has 1 aromatic rings. The predicted octanol–water partition coefficient (Wildman–Crippen LogP) is 3.24. The van der Waals surface area contributed by atoms with Crippen LogP contribution in [0.3, 0.4) is 0 Å². The molecule has 0 fully saturated rings. The van der Waals surface area contributed by atoms with Crippen LogP contribution < -0.4 is 4.74 Å². The Morgan fingerprint density at radius 2 is 1.75 bits per heavy atom. The first-order valence-electron chi connectivity index (χ1n) is 7.77. The average Bonchev–Trinajstić information content (AvgIpc) is 2.48. The first-order valence-corrected chi connectivity index (χ1v) is 19.6. The van der Waals surface area contributed by atoms with Gasteiger partial charge in [-0.05, 0) is 0 Å². The fourth-order valence-corrected chi connectivity index (χ4v) is 6.49. The van der Waals surface area contributed by atoms with Crippen molar-refractivity contribution >= 4 is 28.5 Å². The van der Waals surface area contributed by atoms with Crippen LogP contribution in [-0.4, -0.2) is 53.4 Å². The molecule has 24 heavy (non-hydrogen) atoms. The third-order valence-corrected chi connectivity index (χ3v) is 10.9. The monoisotopic (exact) mass is 464 g/mol. The second kappa shape index (κ2) is 9.22. The molecule has 0 aliphatic rings. The van der Waals surface area contributed by atoms with Crippen molar-refractivity contribution in [3.8, 4) is 5.75 Å². The van der Waals surface area contributed by atoms with Crippen LogP contribution in [0.25, 0.3) is 0 Å². The van der Waals surface area contributed by atoms with E-state index in [-0.39, 0.29) is 12.5 Å². The average molecular weight is 463 g/mol. The van der Waals surface area contributed by atoms with Gasteiger partial charge in [-0.25, -0.2) is 0 Å². The molecule has 0 heterocycles. The SMILES string of the molecule is C=[C]([C@H](COCc1ccc(OC)cc1)COS(C)(=O)=O)[Sn]([CH3])([CH3])[CH3]. The molecule has 0 aliphatic heterocycles. The van der Waals surface area contributed by atoms with Crippen LogP contribution in [0.4, 0.5) is 0 Å². The van der Waals surface area contributed by atoms with Gasteiger partial charge in [0.15, 0.2) is 0 Å².